The van der Waals surface area contributed by atoms with Gasteiger partial charge in [0.1, 0.15) is 0 Å². The second-order valence-electron chi connectivity index (χ2n) is 4.87. The standard InChI is InChI=1S/C11H18Si/c1-9-7-10-5-4-6-12(2,3)11(10)8-9/h7-9H,4-6H2,1-3H3. The van der Waals surface area contributed by atoms with Crippen LogP contribution in [0.1, 0.15) is 19.8 Å². The third-order valence-corrected chi connectivity index (χ3v) is 6.77. The molecule has 1 aliphatic carbocycles. The number of hydrogen-bond acceptors (Lipinski definition) is 0. The Morgan fingerprint density at radius 1 is 1.33 bits per heavy atom. The molecule has 0 spiro atoms. The summed E-state index contributed by atoms with van der Waals surface area (Å²) >= 11 is 0. The molecule has 1 aliphatic heterocycles. The summed E-state index contributed by atoms with van der Waals surface area (Å²) in [4.78, 5) is 0. The Balaban J connectivity index is 2.36. The maximum atomic E-state index is 2.52. The first-order valence-electron chi connectivity index (χ1n) is 5.03. The van der Waals surface area contributed by atoms with Gasteiger partial charge in [-0.25, -0.2) is 0 Å². The van der Waals surface area contributed by atoms with Gasteiger partial charge in [-0.15, -0.1) is 0 Å². The molecule has 66 valence electrons. The summed E-state index contributed by atoms with van der Waals surface area (Å²) in [5.74, 6) is 0.722. The Morgan fingerprint density at radius 3 is 2.75 bits per heavy atom. The van der Waals surface area contributed by atoms with E-state index in [0.717, 1.165) is 5.92 Å². The third kappa shape index (κ3) is 1.20. The molecule has 0 aromatic carbocycles. The maximum Gasteiger partial charge on any atom is 0.0806 e. The van der Waals surface area contributed by atoms with Crippen LogP contribution in [0.5, 0.6) is 0 Å². The summed E-state index contributed by atoms with van der Waals surface area (Å²) in [6.07, 6.45) is 7.78. The van der Waals surface area contributed by atoms with E-state index < -0.39 is 8.07 Å². The Bertz CT molecular complexity index is 258. The van der Waals surface area contributed by atoms with Crippen LogP contribution in [0.25, 0.3) is 0 Å². The minimum atomic E-state index is -0.969. The molecule has 1 atom stereocenters. The number of fused-ring (bicyclic) bond motifs is 1. The average molecular weight is 178 g/mol. The minimum absolute atomic E-state index is 0.722. The van der Waals surface area contributed by atoms with E-state index in [9.17, 15) is 0 Å². The van der Waals surface area contributed by atoms with Crippen LogP contribution in [0.3, 0.4) is 0 Å². The van der Waals surface area contributed by atoms with Crippen molar-refractivity contribution in [2.45, 2.75) is 38.9 Å². The predicted molar refractivity (Wildman–Crippen MR) is 56.9 cm³/mol. The van der Waals surface area contributed by atoms with Crippen LogP contribution < -0.4 is 0 Å². The lowest BCUT2D eigenvalue weighted by Crippen LogP contribution is -2.32. The Morgan fingerprint density at radius 2 is 2.08 bits per heavy atom. The van der Waals surface area contributed by atoms with Gasteiger partial charge in [0, 0.05) is 0 Å². The van der Waals surface area contributed by atoms with Crippen LogP contribution in [0.4, 0.5) is 0 Å². The molecule has 1 saturated heterocycles. The highest BCUT2D eigenvalue weighted by Gasteiger charge is 2.33. The molecule has 0 radical (unpaired) electrons. The minimum Gasteiger partial charge on any atom is -0.0784 e. The van der Waals surface area contributed by atoms with E-state index in [1.165, 1.54) is 18.9 Å². The average Bonchev–Trinajstić information content (AvgIpc) is 2.30. The van der Waals surface area contributed by atoms with Crippen molar-refractivity contribution >= 4 is 8.07 Å². The molecule has 1 unspecified atom stereocenters. The van der Waals surface area contributed by atoms with E-state index >= 15 is 0 Å². The van der Waals surface area contributed by atoms with E-state index in [1.54, 1.807) is 10.8 Å². The lowest BCUT2D eigenvalue weighted by molar-refractivity contribution is 0.871. The van der Waals surface area contributed by atoms with Gasteiger partial charge in [-0.1, -0.05) is 55.4 Å². The predicted octanol–water partition coefficient (Wildman–Crippen LogP) is 3.53. The van der Waals surface area contributed by atoms with Crippen molar-refractivity contribution < 1.29 is 0 Å². The van der Waals surface area contributed by atoms with Crippen molar-refractivity contribution in [2.75, 3.05) is 0 Å². The van der Waals surface area contributed by atoms with Gasteiger partial charge in [-0.2, -0.15) is 0 Å². The van der Waals surface area contributed by atoms with Crippen LogP contribution in [0, 0.1) is 5.92 Å². The first-order valence-corrected chi connectivity index (χ1v) is 8.24. The molecule has 12 heavy (non-hydrogen) atoms. The molecule has 2 rings (SSSR count). The highest BCUT2D eigenvalue weighted by molar-refractivity contribution is 6.85. The van der Waals surface area contributed by atoms with Gasteiger partial charge in [-0.05, 0) is 12.3 Å². The number of hydrogen-bond donors (Lipinski definition) is 0. The van der Waals surface area contributed by atoms with Gasteiger partial charge in [0.05, 0.1) is 8.07 Å². The molecule has 1 heterocycles. The van der Waals surface area contributed by atoms with Crippen molar-refractivity contribution in [1.82, 2.24) is 0 Å². The fourth-order valence-electron chi connectivity index (χ4n) is 2.56. The highest BCUT2D eigenvalue weighted by Crippen LogP contribution is 2.40. The Labute approximate surface area is 76.4 Å². The monoisotopic (exact) mass is 178 g/mol. The topological polar surface area (TPSA) is 0 Å². The highest BCUT2D eigenvalue weighted by atomic mass is 28.3. The summed E-state index contributed by atoms with van der Waals surface area (Å²) in [5, 5.41) is 1.78. The van der Waals surface area contributed by atoms with Crippen molar-refractivity contribution in [3.05, 3.63) is 22.9 Å². The second kappa shape index (κ2) is 2.59. The maximum absolute atomic E-state index is 2.52. The molecule has 0 aromatic heterocycles. The van der Waals surface area contributed by atoms with Crippen LogP contribution in [-0.4, -0.2) is 8.07 Å². The summed E-state index contributed by atoms with van der Waals surface area (Å²) in [6.45, 7) is 7.34. The molecular formula is C11H18Si. The molecule has 0 amide bonds. The molecule has 0 nitrogen and oxygen atoms in total. The number of rotatable bonds is 0. The summed E-state index contributed by atoms with van der Waals surface area (Å²) in [6, 6.07) is 1.50. The lowest BCUT2D eigenvalue weighted by atomic mass is 10.1. The molecule has 0 saturated carbocycles. The first-order chi connectivity index (χ1) is 5.59. The molecule has 1 heteroatoms. The second-order valence-corrected chi connectivity index (χ2v) is 9.68. The third-order valence-electron chi connectivity index (χ3n) is 3.22. The fourth-order valence-corrected chi connectivity index (χ4v) is 5.68. The van der Waals surface area contributed by atoms with E-state index in [-0.39, 0.29) is 0 Å². The van der Waals surface area contributed by atoms with Crippen molar-refractivity contribution in [3.63, 3.8) is 0 Å². The molecular weight excluding hydrogens is 160 g/mol. The zero-order chi connectivity index (χ0) is 8.77. The molecule has 0 bridgehead atoms. The zero-order valence-corrected chi connectivity index (χ0v) is 9.35. The van der Waals surface area contributed by atoms with Crippen molar-refractivity contribution in [2.24, 2.45) is 5.92 Å². The summed E-state index contributed by atoms with van der Waals surface area (Å²) in [7, 11) is -0.969. The largest absolute Gasteiger partial charge is 0.0806 e. The van der Waals surface area contributed by atoms with Crippen molar-refractivity contribution in [1.29, 1.82) is 0 Å². The first kappa shape index (κ1) is 8.30. The van der Waals surface area contributed by atoms with E-state index in [2.05, 4.69) is 32.2 Å². The normalized spacial score (nSPS) is 32.4. The van der Waals surface area contributed by atoms with Gasteiger partial charge in [0.25, 0.3) is 0 Å². The van der Waals surface area contributed by atoms with Crippen LogP contribution in [-0.2, 0) is 0 Å². The molecule has 0 aromatic rings. The zero-order valence-electron chi connectivity index (χ0n) is 8.35. The number of allylic oxidation sites excluding steroid dienone is 4. The fraction of sp³-hybridized carbons (Fsp3) is 0.636. The van der Waals surface area contributed by atoms with Gasteiger partial charge in [0.15, 0.2) is 0 Å². The van der Waals surface area contributed by atoms with Gasteiger partial charge in [0.2, 0.25) is 0 Å². The van der Waals surface area contributed by atoms with Crippen molar-refractivity contribution in [3.8, 4) is 0 Å². The summed E-state index contributed by atoms with van der Waals surface area (Å²) in [5.41, 5.74) is 1.70. The quantitative estimate of drug-likeness (QED) is 0.498. The molecule has 1 fully saturated rings. The van der Waals surface area contributed by atoms with Crippen LogP contribution in [0.2, 0.25) is 19.1 Å². The van der Waals surface area contributed by atoms with Crippen LogP contribution in [0.15, 0.2) is 22.9 Å². The smallest absolute Gasteiger partial charge is 0.0784 e. The molecule has 0 N–H and O–H groups in total. The van der Waals surface area contributed by atoms with E-state index in [4.69, 9.17) is 0 Å². The van der Waals surface area contributed by atoms with Crippen LogP contribution >= 0.6 is 0 Å². The van der Waals surface area contributed by atoms with Gasteiger partial charge >= 0.3 is 0 Å². The molecule has 2 aliphatic rings. The lowest BCUT2D eigenvalue weighted by Gasteiger charge is -2.31. The van der Waals surface area contributed by atoms with Gasteiger partial charge in [-0.3, -0.25) is 0 Å². The Kier molecular flexibility index (Phi) is 1.79. The van der Waals surface area contributed by atoms with E-state index in [0.29, 0.717) is 0 Å². The van der Waals surface area contributed by atoms with Gasteiger partial charge < -0.3 is 0 Å². The Hall–Kier alpha value is -0.303. The summed E-state index contributed by atoms with van der Waals surface area (Å²) < 4.78 is 0. The SMILES string of the molecule is CC1C=C2CCC[Si](C)(C)C2=C1. The van der Waals surface area contributed by atoms with E-state index in [1.807, 2.05) is 0 Å².